The zero-order valence-corrected chi connectivity index (χ0v) is 11.0. The Hall–Kier alpha value is -0.810. The minimum absolute atomic E-state index is 2.46. The molecular weight excluding hydrogens is 391 g/mol. The molecule has 0 saturated heterocycles. The number of alkyl halides is 9. The van der Waals surface area contributed by atoms with Gasteiger partial charge in [-0.1, -0.05) is 0 Å². The highest BCUT2D eigenvalue weighted by atomic mass is 32.2. The lowest BCUT2D eigenvalue weighted by molar-refractivity contribution is -0.288. The fourth-order valence-corrected chi connectivity index (χ4v) is 1.59. The van der Waals surface area contributed by atoms with Crippen molar-refractivity contribution in [2.24, 2.45) is 0 Å². The fourth-order valence-electron chi connectivity index (χ4n) is 0.684. The van der Waals surface area contributed by atoms with E-state index in [4.69, 9.17) is 4.55 Å². The maximum atomic E-state index is 12.8. The molecule has 0 bridgehead atoms. The van der Waals surface area contributed by atoms with Crippen molar-refractivity contribution in [1.29, 1.82) is 0 Å². The van der Waals surface area contributed by atoms with Crippen molar-refractivity contribution in [2.75, 3.05) is 6.61 Å². The highest BCUT2D eigenvalue weighted by Crippen LogP contribution is 2.48. The first kappa shape index (κ1) is 21.2. The SMILES string of the molecule is O=S(=O)(O)C(F)(F)C(F)(F)C(F)(F)COS(=O)(=O)C(F)(F)F. The smallest absolute Gasteiger partial charge is 0.281 e. The molecule has 0 aromatic heterocycles. The highest BCUT2D eigenvalue weighted by molar-refractivity contribution is 7.87. The average Bonchev–Trinajstić information content (AvgIpc) is 2.23. The molecule has 0 aromatic rings. The maximum Gasteiger partial charge on any atom is 0.523 e. The summed E-state index contributed by atoms with van der Waals surface area (Å²) >= 11 is 0. The topological polar surface area (TPSA) is 97.7 Å². The van der Waals surface area contributed by atoms with Gasteiger partial charge < -0.3 is 0 Å². The van der Waals surface area contributed by atoms with Gasteiger partial charge in [-0.2, -0.15) is 56.3 Å². The molecule has 0 aliphatic rings. The molecule has 0 atom stereocenters. The van der Waals surface area contributed by atoms with E-state index >= 15 is 0 Å². The first-order valence-electron chi connectivity index (χ1n) is 4.27. The Bertz CT molecular complexity index is 617. The zero-order valence-electron chi connectivity index (χ0n) is 9.41. The van der Waals surface area contributed by atoms with E-state index in [-0.39, 0.29) is 0 Å². The molecule has 0 fully saturated rings. The molecule has 0 rings (SSSR count). The number of hydrogen-bond donors (Lipinski definition) is 1. The van der Waals surface area contributed by atoms with Crippen LogP contribution in [-0.2, 0) is 24.4 Å². The van der Waals surface area contributed by atoms with Crippen molar-refractivity contribution in [1.82, 2.24) is 0 Å². The molecule has 17 heteroatoms. The van der Waals surface area contributed by atoms with Gasteiger partial charge in [-0.25, -0.2) is 0 Å². The van der Waals surface area contributed by atoms with E-state index in [0.717, 1.165) is 0 Å². The lowest BCUT2D eigenvalue weighted by atomic mass is 10.2. The van der Waals surface area contributed by atoms with Gasteiger partial charge in [-0.05, 0) is 0 Å². The molecule has 0 radical (unpaired) electrons. The Morgan fingerprint density at radius 2 is 1.18 bits per heavy atom. The van der Waals surface area contributed by atoms with Gasteiger partial charge in [-0.3, -0.25) is 8.74 Å². The third-order valence-electron chi connectivity index (χ3n) is 1.83. The van der Waals surface area contributed by atoms with E-state index < -0.39 is 49.5 Å². The molecule has 0 unspecified atom stereocenters. The van der Waals surface area contributed by atoms with Crippen molar-refractivity contribution < 1.29 is 65.1 Å². The monoisotopic (exact) mass is 394 g/mol. The quantitative estimate of drug-likeness (QED) is 0.318. The second-order valence-electron chi connectivity index (χ2n) is 3.43. The Morgan fingerprint density at radius 3 is 1.45 bits per heavy atom. The minimum atomic E-state index is -7.12. The van der Waals surface area contributed by atoms with Gasteiger partial charge in [0.2, 0.25) is 0 Å². The standard InChI is InChI=1S/C5H3F9O6S2/c6-2(7,1-20-22(18,19)5(12,13)14)3(8,9)4(10,11)21(15,16)17/h1H2,(H,15,16,17). The third-order valence-corrected chi connectivity index (χ3v) is 3.73. The number of hydrogen-bond acceptors (Lipinski definition) is 5. The summed E-state index contributed by atoms with van der Waals surface area (Å²) in [7, 11) is -14.0. The Kier molecular flexibility index (Phi) is 5.18. The number of halogens is 9. The first-order chi connectivity index (χ1) is 9.21. The van der Waals surface area contributed by atoms with Crippen LogP contribution < -0.4 is 0 Å². The van der Waals surface area contributed by atoms with Gasteiger partial charge in [0.15, 0.2) is 0 Å². The van der Waals surface area contributed by atoms with Gasteiger partial charge in [0.25, 0.3) is 0 Å². The summed E-state index contributed by atoms with van der Waals surface area (Å²) in [6.45, 7) is -3.47. The molecule has 134 valence electrons. The van der Waals surface area contributed by atoms with Gasteiger partial charge in [-0.15, -0.1) is 0 Å². The molecule has 0 heterocycles. The van der Waals surface area contributed by atoms with E-state index in [1.807, 2.05) is 0 Å². The summed E-state index contributed by atoms with van der Waals surface area (Å²) in [6, 6.07) is 0. The van der Waals surface area contributed by atoms with E-state index in [9.17, 15) is 56.3 Å². The van der Waals surface area contributed by atoms with E-state index in [2.05, 4.69) is 4.18 Å². The molecule has 0 saturated carbocycles. The van der Waals surface area contributed by atoms with Crippen LogP contribution in [0.15, 0.2) is 0 Å². The van der Waals surface area contributed by atoms with Crippen LogP contribution in [0.1, 0.15) is 0 Å². The summed E-state index contributed by atoms with van der Waals surface area (Å²) in [5, 5.41) is -6.84. The van der Waals surface area contributed by atoms with Crippen LogP contribution in [0, 0.1) is 0 Å². The lowest BCUT2D eigenvalue weighted by Gasteiger charge is -2.30. The first-order valence-corrected chi connectivity index (χ1v) is 7.12. The van der Waals surface area contributed by atoms with Crippen LogP contribution in [0.5, 0.6) is 0 Å². The Balaban J connectivity index is 5.60. The van der Waals surface area contributed by atoms with Crippen molar-refractivity contribution in [3.63, 3.8) is 0 Å². The molecule has 0 aliphatic heterocycles. The predicted molar refractivity (Wildman–Crippen MR) is 47.3 cm³/mol. The molecule has 0 aliphatic carbocycles. The van der Waals surface area contributed by atoms with Crippen LogP contribution in [0.4, 0.5) is 39.5 Å². The largest absolute Gasteiger partial charge is 0.523 e. The zero-order chi connectivity index (χ0) is 18.4. The molecule has 0 aromatic carbocycles. The summed E-state index contributed by atoms with van der Waals surface area (Å²) < 4.78 is 162. The van der Waals surface area contributed by atoms with E-state index in [1.165, 1.54) is 0 Å². The molecule has 0 amide bonds. The van der Waals surface area contributed by atoms with E-state index in [1.54, 1.807) is 0 Å². The predicted octanol–water partition coefficient (Wildman–Crippen LogP) is 1.60. The van der Waals surface area contributed by atoms with Crippen molar-refractivity contribution in [3.05, 3.63) is 0 Å². The summed E-state index contributed by atoms with van der Waals surface area (Å²) in [5.41, 5.74) is -6.33. The second-order valence-corrected chi connectivity index (χ2v) is 6.50. The van der Waals surface area contributed by atoms with Crippen LogP contribution in [0.3, 0.4) is 0 Å². The average molecular weight is 394 g/mol. The lowest BCUT2D eigenvalue weighted by Crippen LogP contribution is -2.59. The van der Waals surface area contributed by atoms with Gasteiger partial charge in [0.1, 0.15) is 6.61 Å². The highest BCUT2D eigenvalue weighted by Gasteiger charge is 2.77. The van der Waals surface area contributed by atoms with Crippen molar-refractivity contribution >= 4 is 20.2 Å². The van der Waals surface area contributed by atoms with Gasteiger partial charge >= 0.3 is 42.8 Å². The van der Waals surface area contributed by atoms with Crippen LogP contribution in [0.25, 0.3) is 0 Å². The molecule has 1 N–H and O–H groups in total. The normalized spacial score (nSPS) is 15.9. The third kappa shape index (κ3) is 3.57. The van der Waals surface area contributed by atoms with Gasteiger partial charge in [0.05, 0.1) is 0 Å². The summed E-state index contributed by atoms with van der Waals surface area (Å²) in [6.07, 6.45) is 0. The summed E-state index contributed by atoms with van der Waals surface area (Å²) in [5.74, 6) is -13.4. The fraction of sp³-hybridized carbons (Fsp3) is 1.00. The van der Waals surface area contributed by atoms with Crippen LogP contribution in [-0.4, -0.2) is 50.6 Å². The minimum Gasteiger partial charge on any atom is -0.281 e. The maximum absolute atomic E-state index is 12.8. The van der Waals surface area contributed by atoms with Crippen LogP contribution >= 0.6 is 0 Å². The second kappa shape index (κ2) is 5.38. The van der Waals surface area contributed by atoms with E-state index in [0.29, 0.717) is 0 Å². The molecular formula is C5H3F9O6S2. The Morgan fingerprint density at radius 1 is 0.818 bits per heavy atom. The van der Waals surface area contributed by atoms with Crippen LogP contribution in [0.2, 0.25) is 0 Å². The van der Waals surface area contributed by atoms with Crippen molar-refractivity contribution in [2.45, 2.75) is 22.6 Å². The molecule has 22 heavy (non-hydrogen) atoms. The van der Waals surface area contributed by atoms with Gasteiger partial charge in [0, 0.05) is 0 Å². The molecule has 6 nitrogen and oxygen atoms in total. The molecule has 0 spiro atoms. The Labute approximate surface area is 115 Å². The van der Waals surface area contributed by atoms with Crippen molar-refractivity contribution in [3.8, 4) is 0 Å². The number of rotatable bonds is 6. The summed E-state index contributed by atoms with van der Waals surface area (Å²) in [4.78, 5) is 0.